The number of morpholine rings is 1. The summed E-state index contributed by atoms with van der Waals surface area (Å²) in [5.41, 5.74) is 3.39. The van der Waals surface area contributed by atoms with Crippen LogP contribution < -0.4 is 4.90 Å². The van der Waals surface area contributed by atoms with Gasteiger partial charge in [-0.2, -0.15) is 0 Å². The van der Waals surface area contributed by atoms with E-state index in [1.165, 1.54) is 11.1 Å². The number of aromatic nitrogens is 1. The van der Waals surface area contributed by atoms with Gasteiger partial charge in [-0.25, -0.2) is 4.98 Å². The number of ether oxygens (including phenoxy) is 1. The normalized spacial score (nSPS) is 18.3. The maximum absolute atomic E-state index is 12.7. The number of nitrogens with zero attached hydrogens (tertiary/aromatic N) is 4. The van der Waals surface area contributed by atoms with E-state index in [1.807, 2.05) is 17.0 Å². The summed E-state index contributed by atoms with van der Waals surface area (Å²) in [6.45, 7) is 9.52. The van der Waals surface area contributed by atoms with Gasteiger partial charge in [0, 0.05) is 57.6 Å². The Bertz CT molecular complexity index is 812. The Kier molecular flexibility index (Phi) is 5.88. The molecule has 0 bridgehead atoms. The molecule has 0 unspecified atom stereocenters. The van der Waals surface area contributed by atoms with Gasteiger partial charge in [0.05, 0.1) is 13.2 Å². The third kappa shape index (κ3) is 4.51. The molecule has 0 N–H and O–H groups in total. The standard InChI is InChI=1S/C22H28N4O2/c1-18-3-2-4-19(15-18)17-24-7-9-25(10-8-24)21-16-20(5-6-23-21)22(27)26-11-13-28-14-12-26/h2-6,15-16H,7-14,17H2,1H3. The zero-order chi connectivity index (χ0) is 19.3. The first-order valence-corrected chi connectivity index (χ1v) is 10.0. The van der Waals surface area contributed by atoms with Gasteiger partial charge in [0.1, 0.15) is 5.82 Å². The van der Waals surface area contributed by atoms with E-state index >= 15 is 0 Å². The van der Waals surface area contributed by atoms with E-state index in [9.17, 15) is 4.79 Å². The molecule has 1 aromatic heterocycles. The Hall–Kier alpha value is -2.44. The van der Waals surface area contributed by atoms with Crippen LogP contribution in [0.4, 0.5) is 5.82 Å². The Balaban J connectivity index is 1.36. The van der Waals surface area contributed by atoms with Gasteiger partial charge in [0.2, 0.25) is 0 Å². The van der Waals surface area contributed by atoms with E-state index < -0.39 is 0 Å². The lowest BCUT2D eigenvalue weighted by atomic mass is 10.1. The quantitative estimate of drug-likeness (QED) is 0.814. The molecule has 4 rings (SSSR count). The Labute approximate surface area is 166 Å². The molecule has 148 valence electrons. The molecule has 2 aliphatic rings. The molecule has 3 heterocycles. The van der Waals surface area contributed by atoms with E-state index in [2.05, 4.69) is 46.0 Å². The fraction of sp³-hybridized carbons (Fsp3) is 0.455. The number of piperazine rings is 1. The number of hydrogen-bond donors (Lipinski definition) is 0. The Morgan fingerprint density at radius 3 is 2.57 bits per heavy atom. The van der Waals surface area contributed by atoms with Gasteiger partial charge in [-0.1, -0.05) is 29.8 Å². The molecular weight excluding hydrogens is 352 g/mol. The minimum Gasteiger partial charge on any atom is -0.378 e. The molecule has 0 aliphatic carbocycles. The molecule has 1 amide bonds. The first-order valence-electron chi connectivity index (χ1n) is 10.0. The van der Waals surface area contributed by atoms with Crippen LogP contribution in [0.3, 0.4) is 0 Å². The van der Waals surface area contributed by atoms with Crippen molar-refractivity contribution >= 4 is 11.7 Å². The van der Waals surface area contributed by atoms with Crippen molar-refractivity contribution in [2.45, 2.75) is 13.5 Å². The zero-order valence-electron chi connectivity index (χ0n) is 16.5. The van der Waals surface area contributed by atoms with Gasteiger partial charge in [-0.15, -0.1) is 0 Å². The summed E-state index contributed by atoms with van der Waals surface area (Å²) in [6.07, 6.45) is 1.75. The number of amides is 1. The van der Waals surface area contributed by atoms with Gasteiger partial charge >= 0.3 is 0 Å². The molecule has 6 heteroatoms. The van der Waals surface area contributed by atoms with Crippen molar-refractivity contribution in [3.63, 3.8) is 0 Å². The first-order chi connectivity index (χ1) is 13.7. The zero-order valence-corrected chi connectivity index (χ0v) is 16.5. The Morgan fingerprint density at radius 2 is 1.82 bits per heavy atom. The second kappa shape index (κ2) is 8.71. The second-order valence-electron chi connectivity index (χ2n) is 7.56. The van der Waals surface area contributed by atoms with Crippen molar-refractivity contribution in [3.8, 4) is 0 Å². The van der Waals surface area contributed by atoms with Crippen LogP contribution >= 0.6 is 0 Å². The molecule has 0 radical (unpaired) electrons. The molecule has 2 fully saturated rings. The average Bonchev–Trinajstić information content (AvgIpc) is 2.74. The molecule has 2 aromatic rings. The van der Waals surface area contributed by atoms with Crippen LogP contribution in [0.1, 0.15) is 21.5 Å². The lowest BCUT2D eigenvalue weighted by Crippen LogP contribution is -2.46. The number of benzene rings is 1. The van der Waals surface area contributed by atoms with Crippen molar-refractivity contribution in [2.24, 2.45) is 0 Å². The topological polar surface area (TPSA) is 48.9 Å². The summed E-state index contributed by atoms with van der Waals surface area (Å²) in [5, 5.41) is 0. The second-order valence-corrected chi connectivity index (χ2v) is 7.56. The van der Waals surface area contributed by atoms with Gasteiger partial charge in [-0.05, 0) is 24.6 Å². The van der Waals surface area contributed by atoms with Crippen molar-refractivity contribution in [1.29, 1.82) is 0 Å². The molecule has 1 aromatic carbocycles. The van der Waals surface area contributed by atoms with E-state index in [1.54, 1.807) is 6.20 Å². The number of anilines is 1. The summed E-state index contributed by atoms with van der Waals surface area (Å²) in [7, 11) is 0. The smallest absolute Gasteiger partial charge is 0.254 e. The minimum absolute atomic E-state index is 0.0741. The van der Waals surface area contributed by atoms with E-state index in [0.29, 0.717) is 31.9 Å². The van der Waals surface area contributed by atoms with Gasteiger partial charge < -0.3 is 14.5 Å². The van der Waals surface area contributed by atoms with E-state index in [0.717, 1.165) is 38.5 Å². The highest BCUT2D eigenvalue weighted by Gasteiger charge is 2.22. The predicted octanol–water partition coefficient (Wildman–Crippen LogP) is 2.18. The fourth-order valence-corrected chi connectivity index (χ4v) is 3.88. The SMILES string of the molecule is Cc1cccc(CN2CCN(c3cc(C(=O)N4CCOCC4)ccn3)CC2)c1. The highest BCUT2D eigenvalue weighted by atomic mass is 16.5. The number of pyridine rings is 1. The summed E-state index contributed by atoms with van der Waals surface area (Å²) in [4.78, 5) is 23.9. The van der Waals surface area contributed by atoms with Crippen LogP contribution in [-0.4, -0.2) is 73.2 Å². The van der Waals surface area contributed by atoms with Gasteiger partial charge in [0.25, 0.3) is 5.91 Å². The maximum atomic E-state index is 12.7. The lowest BCUT2D eigenvalue weighted by Gasteiger charge is -2.35. The van der Waals surface area contributed by atoms with Crippen LogP contribution in [0.25, 0.3) is 0 Å². The molecule has 2 aliphatic heterocycles. The minimum atomic E-state index is 0.0741. The third-order valence-corrected chi connectivity index (χ3v) is 5.48. The van der Waals surface area contributed by atoms with Crippen LogP contribution in [0.15, 0.2) is 42.6 Å². The summed E-state index contributed by atoms with van der Waals surface area (Å²) in [6, 6.07) is 12.5. The monoisotopic (exact) mass is 380 g/mol. The van der Waals surface area contributed by atoms with Crippen LogP contribution in [-0.2, 0) is 11.3 Å². The molecule has 0 spiro atoms. The predicted molar refractivity (Wildman–Crippen MR) is 110 cm³/mol. The lowest BCUT2D eigenvalue weighted by molar-refractivity contribution is 0.0303. The molecule has 6 nitrogen and oxygen atoms in total. The highest BCUT2D eigenvalue weighted by molar-refractivity contribution is 5.94. The first kappa shape index (κ1) is 18.9. The third-order valence-electron chi connectivity index (χ3n) is 5.48. The summed E-state index contributed by atoms with van der Waals surface area (Å²) < 4.78 is 5.34. The molecule has 0 saturated carbocycles. The number of carbonyl (C=O) groups excluding carboxylic acids is 1. The van der Waals surface area contributed by atoms with E-state index in [4.69, 9.17) is 4.74 Å². The van der Waals surface area contributed by atoms with Crippen molar-refractivity contribution in [1.82, 2.24) is 14.8 Å². The van der Waals surface area contributed by atoms with Crippen molar-refractivity contribution in [3.05, 3.63) is 59.3 Å². The van der Waals surface area contributed by atoms with Crippen LogP contribution in [0.5, 0.6) is 0 Å². The number of hydrogen-bond acceptors (Lipinski definition) is 5. The van der Waals surface area contributed by atoms with Crippen LogP contribution in [0.2, 0.25) is 0 Å². The largest absolute Gasteiger partial charge is 0.378 e. The summed E-state index contributed by atoms with van der Waals surface area (Å²) >= 11 is 0. The molecule has 0 atom stereocenters. The summed E-state index contributed by atoms with van der Waals surface area (Å²) in [5.74, 6) is 0.972. The Morgan fingerprint density at radius 1 is 1.04 bits per heavy atom. The number of aryl methyl sites for hydroxylation is 1. The van der Waals surface area contributed by atoms with Gasteiger partial charge in [0.15, 0.2) is 0 Å². The number of rotatable bonds is 4. The van der Waals surface area contributed by atoms with Gasteiger partial charge in [-0.3, -0.25) is 9.69 Å². The molecular formula is C22H28N4O2. The van der Waals surface area contributed by atoms with Crippen molar-refractivity contribution in [2.75, 3.05) is 57.4 Å². The molecule has 2 saturated heterocycles. The average molecular weight is 380 g/mol. The van der Waals surface area contributed by atoms with E-state index in [-0.39, 0.29) is 5.91 Å². The highest BCUT2D eigenvalue weighted by Crippen LogP contribution is 2.18. The van der Waals surface area contributed by atoms with Crippen molar-refractivity contribution < 1.29 is 9.53 Å². The van der Waals surface area contributed by atoms with Crippen LogP contribution in [0, 0.1) is 6.92 Å². The molecule has 28 heavy (non-hydrogen) atoms. The maximum Gasteiger partial charge on any atom is 0.254 e. The fourth-order valence-electron chi connectivity index (χ4n) is 3.88. The number of carbonyl (C=O) groups is 1.